The quantitative estimate of drug-likeness (QED) is 0.147. The first-order valence-electron chi connectivity index (χ1n) is 19.3. The van der Waals surface area contributed by atoms with E-state index in [4.69, 9.17) is 23.7 Å². The number of amides is 1. The normalized spacial score (nSPS) is 33.7. The Bertz CT molecular complexity index is 1980. The maximum Gasteiger partial charge on any atom is 0.408 e. The highest BCUT2D eigenvalue weighted by atomic mass is 16.6. The first-order chi connectivity index (χ1) is 27.0. The van der Waals surface area contributed by atoms with Crippen molar-refractivity contribution in [3.05, 3.63) is 82.9 Å². The van der Waals surface area contributed by atoms with Crippen molar-refractivity contribution in [3.8, 4) is 0 Å². The van der Waals surface area contributed by atoms with Crippen LogP contribution >= 0.6 is 0 Å². The van der Waals surface area contributed by atoms with Crippen LogP contribution < -0.4 is 5.32 Å². The molecule has 0 radical (unpaired) electrons. The zero-order chi connectivity index (χ0) is 42.7. The molecule has 2 bridgehead atoms. The van der Waals surface area contributed by atoms with E-state index in [2.05, 4.69) is 5.32 Å². The molecule has 314 valence electrons. The molecular formula is C43H53NO14. The van der Waals surface area contributed by atoms with Crippen molar-refractivity contribution in [2.24, 2.45) is 16.7 Å². The Morgan fingerprint density at radius 3 is 2.10 bits per heavy atom. The average molecular weight is 808 g/mol. The van der Waals surface area contributed by atoms with Crippen LogP contribution in [0.1, 0.15) is 90.2 Å². The van der Waals surface area contributed by atoms with E-state index in [1.807, 2.05) is 0 Å². The highest BCUT2D eigenvalue weighted by Gasteiger charge is 2.78. The number of hydrogen-bond donors (Lipinski definition) is 5. The number of ether oxygens (including phenoxy) is 5. The van der Waals surface area contributed by atoms with Gasteiger partial charge >= 0.3 is 24.0 Å². The predicted molar refractivity (Wildman–Crippen MR) is 204 cm³/mol. The molecule has 1 aliphatic heterocycles. The van der Waals surface area contributed by atoms with E-state index < -0.39 is 112 Å². The maximum atomic E-state index is 14.9. The van der Waals surface area contributed by atoms with Crippen molar-refractivity contribution in [1.29, 1.82) is 0 Å². The molecule has 15 nitrogen and oxygen atoms in total. The summed E-state index contributed by atoms with van der Waals surface area (Å²) in [7, 11) is 0. The number of nitrogens with one attached hydrogen (secondary N) is 1. The van der Waals surface area contributed by atoms with Gasteiger partial charge in [0.15, 0.2) is 17.5 Å². The predicted octanol–water partition coefficient (Wildman–Crippen LogP) is 3.26. The minimum Gasteiger partial charge on any atom is -0.456 e. The summed E-state index contributed by atoms with van der Waals surface area (Å²) in [5, 5.41) is 51.6. The molecule has 5 N–H and O–H groups in total. The molecule has 2 unspecified atom stereocenters. The summed E-state index contributed by atoms with van der Waals surface area (Å²) >= 11 is 0. The number of carbonyl (C=O) groups excluding carboxylic acids is 5. The summed E-state index contributed by atoms with van der Waals surface area (Å²) in [5.41, 5.74) is -8.14. The molecule has 1 amide bonds. The number of fused-ring (bicyclic) bond motifs is 5. The fraction of sp³-hybridized carbons (Fsp3) is 0.558. The third-order valence-electron chi connectivity index (χ3n) is 12.6. The SMILES string of the molecule is CC(=O)OC12CO[C@@H]1C[C@H](O)[C@@]1(C)C(=O)[C@H](O)C3=C(C)[C@@H](OC(=O)[C@H](O)[C@@H](NC(=O)OC(C)(C)C)c4ccccc4)C[C@@](O)([C@@H](OC(=O)c4ccccc4)C21)C3(C)C. The standard InChI is InChI=1S/C43H53NO14/c1-22-26(55-37(51)32(48)30(24-15-11-9-12-16-24)44-38(52)58-39(3,4)5)20-43(53)35(56-36(50)25-17-13-10-14-18-25)33-41(8,34(49)31(47)29(22)40(43,6)7)27(46)19-28-42(33,21-54-28)57-23(2)45/h9-18,26-28,30-33,35,46-48,53H,19-21H2,1-8H3,(H,44,52)/t26-,27-,28+,30-,31+,32+,33?,35-,41+,42?,43+/m0/s1. The molecule has 58 heavy (non-hydrogen) atoms. The van der Waals surface area contributed by atoms with Crippen LogP contribution in [0, 0.1) is 16.7 Å². The molecule has 0 spiro atoms. The molecule has 2 saturated carbocycles. The molecule has 1 heterocycles. The Labute approximate surface area is 336 Å². The smallest absolute Gasteiger partial charge is 0.408 e. The zero-order valence-corrected chi connectivity index (χ0v) is 33.9. The van der Waals surface area contributed by atoms with Gasteiger partial charge in [0.1, 0.15) is 35.6 Å². The van der Waals surface area contributed by atoms with Crippen molar-refractivity contribution in [2.75, 3.05) is 6.61 Å². The van der Waals surface area contributed by atoms with Crippen LogP contribution in [0.5, 0.6) is 0 Å². The van der Waals surface area contributed by atoms with Crippen LogP contribution in [0.4, 0.5) is 4.79 Å². The lowest BCUT2D eigenvalue weighted by Gasteiger charge is -2.67. The van der Waals surface area contributed by atoms with Gasteiger partial charge < -0.3 is 49.4 Å². The van der Waals surface area contributed by atoms with Gasteiger partial charge in [-0.2, -0.15) is 0 Å². The molecule has 4 aliphatic rings. The lowest BCUT2D eigenvalue weighted by molar-refractivity contribution is -0.346. The van der Waals surface area contributed by atoms with Crippen LogP contribution in [0.2, 0.25) is 0 Å². The number of hydrogen-bond acceptors (Lipinski definition) is 14. The number of carbonyl (C=O) groups is 5. The van der Waals surface area contributed by atoms with E-state index in [0.717, 1.165) is 6.92 Å². The Morgan fingerprint density at radius 1 is 0.948 bits per heavy atom. The fourth-order valence-electron chi connectivity index (χ4n) is 9.56. The highest BCUT2D eigenvalue weighted by Crippen LogP contribution is 2.64. The first-order valence-corrected chi connectivity index (χ1v) is 19.3. The van der Waals surface area contributed by atoms with E-state index in [9.17, 15) is 44.4 Å². The molecule has 2 aromatic rings. The number of aliphatic hydroxyl groups is 4. The number of benzene rings is 2. The summed E-state index contributed by atoms with van der Waals surface area (Å²) in [6, 6.07) is 14.6. The van der Waals surface area contributed by atoms with Crippen LogP contribution in [0.3, 0.4) is 0 Å². The lowest BCUT2D eigenvalue weighted by atomic mass is 9.44. The zero-order valence-electron chi connectivity index (χ0n) is 33.9. The van der Waals surface area contributed by atoms with Crippen LogP contribution in [0.25, 0.3) is 0 Å². The minimum atomic E-state index is -2.35. The van der Waals surface area contributed by atoms with Crippen molar-refractivity contribution in [1.82, 2.24) is 5.32 Å². The van der Waals surface area contributed by atoms with E-state index in [0.29, 0.717) is 5.56 Å². The largest absolute Gasteiger partial charge is 0.456 e. The Morgan fingerprint density at radius 2 is 1.55 bits per heavy atom. The Hall–Kier alpha value is -4.67. The minimum absolute atomic E-state index is 0.0637. The van der Waals surface area contributed by atoms with Crippen molar-refractivity contribution < 1.29 is 68.1 Å². The number of rotatable bonds is 8. The molecule has 3 aliphatic carbocycles. The number of esters is 3. The summed E-state index contributed by atoms with van der Waals surface area (Å²) in [6.07, 6.45) is -11.5. The maximum absolute atomic E-state index is 14.9. The van der Waals surface area contributed by atoms with Gasteiger partial charge in [-0.05, 0) is 63.5 Å². The number of Topliss-reactive ketones (excluding diaryl/α,β-unsaturated/α-hetero) is 1. The molecule has 2 aromatic carbocycles. The first kappa shape index (κ1) is 42.9. The summed E-state index contributed by atoms with van der Waals surface area (Å²) in [4.78, 5) is 68.9. The van der Waals surface area contributed by atoms with E-state index in [1.54, 1.807) is 83.1 Å². The second-order valence-electron chi connectivity index (χ2n) is 17.6. The molecule has 1 saturated heterocycles. The van der Waals surface area contributed by atoms with E-state index in [1.165, 1.54) is 26.0 Å². The van der Waals surface area contributed by atoms with Gasteiger partial charge in [-0.15, -0.1) is 0 Å². The number of aliphatic hydroxyl groups excluding tert-OH is 3. The van der Waals surface area contributed by atoms with E-state index in [-0.39, 0.29) is 29.7 Å². The van der Waals surface area contributed by atoms with Crippen LogP contribution in [0.15, 0.2) is 71.8 Å². The third kappa shape index (κ3) is 7.10. The van der Waals surface area contributed by atoms with Gasteiger partial charge in [0.25, 0.3) is 0 Å². The summed E-state index contributed by atoms with van der Waals surface area (Å²) in [5.74, 6) is -5.36. The van der Waals surface area contributed by atoms with Crippen molar-refractivity contribution in [3.63, 3.8) is 0 Å². The molecule has 15 heteroatoms. The molecular weight excluding hydrogens is 754 g/mol. The lowest BCUT2D eigenvalue weighted by Crippen LogP contribution is -2.81. The second-order valence-corrected chi connectivity index (χ2v) is 17.6. The Kier molecular flexibility index (Phi) is 11.2. The summed E-state index contributed by atoms with van der Waals surface area (Å²) in [6.45, 7) is 11.8. The van der Waals surface area contributed by atoms with Crippen molar-refractivity contribution in [2.45, 2.75) is 128 Å². The van der Waals surface area contributed by atoms with Gasteiger partial charge in [0, 0.05) is 25.2 Å². The number of ketones is 1. The average Bonchev–Trinajstić information content (AvgIpc) is 3.14. The van der Waals surface area contributed by atoms with Gasteiger partial charge in [0.2, 0.25) is 0 Å². The van der Waals surface area contributed by atoms with Crippen molar-refractivity contribution >= 4 is 29.8 Å². The molecule has 0 aromatic heterocycles. The topological polar surface area (TPSA) is 224 Å². The second kappa shape index (κ2) is 15.2. The molecule has 6 rings (SSSR count). The van der Waals surface area contributed by atoms with Crippen LogP contribution in [-0.4, -0.2) is 110 Å². The van der Waals surface area contributed by atoms with Gasteiger partial charge in [-0.25, -0.2) is 14.4 Å². The summed E-state index contributed by atoms with van der Waals surface area (Å²) < 4.78 is 29.5. The van der Waals surface area contributed by atoms with Gasteiger partial charge in [-0.1, -0.05) is 62.4 Å². The Balaban J connectivity index is 1.49. The highest BCUT2D eigenvalue weighted by molar-refractivity contribution is 5.94. The number of alkyl carbamates (subject to hydrolysis) is 1. The fourth-order valence-corrected chi connectivity index (χ4v) is 9.56. The molecule has 11 atom stereocenters. The van der Waals surface area contributed by atoms with E-state index >= 15 is 0 Å². The monoisotopic (exact) mass is 807 g/mol. The third-order valence-corrected chi connectivity index (χ3v) is 12.6. The van der Waals surface area contributed by atoms with Gasteiger partial charge in [0.05, 0.1) is 35.6 Å². The van der Waals surface area contributed by atoms with Crippen LogP contribution in [-0.2, 0) is 38.1 Å². The molecule has 3 fully saturated rings. The van der Waals surface area contributed by atoms with Gasteiger partial charge in [-0.3, -0.25) is 9.59 Å².